The lowest BCUT2D eigenvalue weighted by Crippen LogP contribution is -2.34. The third-order valence-corrected chi connectivity index (χ3v) is 3.44. The predicted octanol–water partition coefficient (Wildman–Crippen LogP) is 1.42. The van der Waals surface area contributed by atoms with Crippen molar-refractivity contribution in [3.05, 3.63) is 29.8 Å². The minimum absolute atomic E-state index is 0.0347. The van der Waals surface area contributed by atoms with Crippen LogP contribution in [0.5, 0.6) is 0 Å². The number of nitrogens with zero attached hydrogens (tertiary/aromatic N) is 2. The van der Waals surface area contributed by atoms with Crippen LogP contribution in [0.2, 0.25) is 0 Å². The van der Waals surface area contributed by atoms with Crippen molar-refractivity contribution in [2.24, 2.45) is 0 Å². The standard InChI is InChI=1S/C15H21N3O2/c1-12(19)16-14-6-3-5-13(11-14)15(20)18-8-4-7-17(2)9-10-18/h3,5-6,11H,4,7-10H2,1-2H3,(H,16,19). The lowest BCUT2D eigenvalue weighted by molar-refractivity contribution is -0.114. The lowest BCUT2D eigenvalue weighted by atomic mass is 10.1. The molecule has 1 aliphatic heterocycles. The summed E-state index contributed by atoms with van der Waals surface area (Å²) in [5, 5.41) is 2.70. The van der Waals surface area contributed by atoms with E-state index in [-0.39, 0.29) is 11.8 Å². The van der Waals surface area contributed by atoms with E-state index >= 15 is 0 Å². The molecule has 20 heavy (non-hydrogen) atoms. The van der Waals surface area contributed by atoms with Crippen molar-refractivity contribution in [2.45, 2.75) is 13.3 Å². The van der Waals surface area contributed by atoms with Gasteiger partial charge in [-0.1, -0.05) is 6.07 Å². The summed E-state index contributed by atoms with van der Waals surface area (Å²) in [6, 6.07) is 7.11. The topological polar surface area (TPSA) is 52.7 Å². The van der Waals surface area contributed by atoms with Gasteiger partial charge in [0, 0.05) is 37.8 Å². The molecule has 5 heteroatoms. The summed E-state index contributed by atoms with van der Waals surface area (Å²) in [6.07, 6.45) is 0.994. The van der Waals surface area contributed by atoms with Gasteiger partial charge in [-0.15, -0.1) is 0 Å². The van der Waals surface area contributed by atoms with Gasteiger partial charge < -0.3 is 15.1 Å². The van der Waals surface area contributed by atoms with Crippen molar-refractivity contribution in [3.63, 3.8) is 0 Å². The third kappa shape index (κ3) is 3.81. The molecule has 2 amide bonds. The number of carbonyl (C=O) groups excluding carboxylic acids is 2. The number of carbonyl (C=O) groups is 2. The Morgan fingerprint density at radius 3 is 2.70 bits per heavy atom. The van der Waals surface area contributed by atoms with Crippen molar-refractivity contribution in [3.8, 4) is 0 Å². The summed E-state index contributed by atoms with van der Waals surface area (Å²) < 4.78 is 0. The Hall–Kier alpha value is -1.88. The molecule has 0 radical (unpaired) electrons. The first-order chi connectivity index (χ1) is 9.56. The van der Waals surface area contributed by atoms with Crippen LogP contribution in [-0.4, -0.2) is 54.8 Å². The molecule has 108 valence electrons. The molecule has 0 unspecified atom stereocenters. The molecule has 1 aliphatic rings. The van der Waals surface area contributed by atoms with E-state index in [4.69, 9.17) is 0 Å². The van der Waals surface area contributed by atoms with Crippen LogP contribution < -0.4 is 5.32 Å². The molecular formula is C15H21N3O2. The van der Waals surface area contributed by atoms with Gasteiger partial charge >= 0.3 is 0 Å². The molecule has 1 heterocycles. The van der Waals surface area contributed by atoms with E-state index in [1.54, 1.807) is 24.3 Å². The van der Waals surface area contributed by atoms with Crippen LogP contribution in [0.15, 0.2) is 24.3 Å². The van der Waals surface area contributed by atoms with Gasteiger partial charge in [-0.05, 0) is 38.2 Å². The summed E-state index contributed by atoms with van der Waals surface area (Å²) in [6.45, 7) is 4.92. The first kappa shape index (κ1) is 14.5. The average molecular weight is 275 g/mol. The second-order valence-corrected chi connectivity index (χ2v) is 5.21. The van der Waals surface area contributed by atoms with Gasteiger partial charge in [0.05, 0.1) is 0 Å². The maximum atomic E-state index is 12.5. The van der Waals surface area contributed by atoms with Crippen molar-refractivity contribution >= 4 is 17.5 Å². The number of anilines is 1. The molecule has 0 spiro atoms. The average Bonchev–Trinajstić information content (AvgIpc) is 2.62. The van der Waals surface area contributed by atoms with Crippen LogP contribution in [0.4, 0.5) is 5.69 Å². The van der Waals surface area contributed by atoms with E-state index < -0.39 is 0 Å². The number of amides is 2. The van der Waals surface area contributed by atoms with Gasteiger partial charge in [0.15, 0.2) is 0 Å². The fourth-order valence-corrected chi connectivity index (χ4v) is 2.37. The normalized spacial score (nSPS) is 16.6. The van der Waals surface area contributed by atoms with Gasteiger partial charge in [0.2, 0.25) is 5.91 Å². The van der Waals surface area contributed by atoms with Gasteiger partial charge in [0.25, 0.3) is 5.91 Å². The Balaban J connectivity index is 2.10. The molecule has 0 saturated carbocycles. The van der Waals surface area contributed by atoms with Gasteiger partial charge in [-0.25, -0.2) is 0 Å². The number of hydrogen-bond donors (Lipinski definition) is 1. The Labute approximate surface area is 119 Å². The lowest BCUT2D eigenvalue weighted by Gasteiger charge is -2.20. The summed E-state index contributed by atoms with van der Waals surface area (Å²) in [5.41, 5.74) is 1.29. The Bertz CT molecular complexity index is 502. The maximum absolute atomic E-state index is 12.5. The zero-order valence-corrected chi connectivity index (χ0v) is 12.1. The molecule has 1 aromatic rings. The van der Waals surface area contributed by atoms with Crippen LogP contribution in [0.25, 0.3) is 0 Å². The Morgan fingerprint density at radius 1 is 1.15 bits per heavy atom. The number of rotatable bonds is 2. The largest absolute Gasteiger partial charge is 0.337 e. The van der Waals surface area contributed by atoms with Gasteiger partial charge in [-0.3, -0.25) is 9.59 Å². The summed E-state index contributed by atoms with van der Waals surface area (Å²) in [7, 11) is 2.07. The van der Waals surface area contributed by atoms with E-state index in [0.717, 1.165) is 32.6 Å². The molecule has 1 saturated heterocycles. The Morgan fingerprint density at radius 2 is 1.95 bits per heavy atom. The number of hydrogen-bond acceptors (Lipinski definition) is 3. The van der Waals surface area contributed by atoms with Crippen LogP contribution in [-0.2, 0) is 4.79 Å². The van der Waals surface area contributed by atoms with E-state index in [1.165, 1.54) is 6.92 Å². The SMILES string of the molecule is CC(=O)Nc1cccc(C(=O)N2CCCN(C)CC2)c1. The number of benzene rings is 1. The third-order valence-electron chi connectivity index (χ3n) is 3.44. The first-order valence-electron chi connectivity index (χ1n) is 6.92. The highest BCUT2D eigenvalue weighted by atomic mass is 16.2. The minimum Gasteiger partial charge on any atom is -0.337 e. The highest BCUT2D eigenvalue weighted by Crippen LogP contribution is 2.14. The Kier molecular flexibility index (Phi) is 4.74. The molecule has 2 rings (SSSR count). The quantitative estimate of drug-likeness (QED) is 0.888. The second-order valence-electron chi connectivity index (χ2n) is 5.21. The second kappa shape index (κ2) is 6.52. The van der Waals surface area contributed by atoms with E-state index in [1.807, 2.05) is 4.90 Å². The smallest absolute Gasteiger partial charge is 0.253 e. The molecule has 1 aromatic carbocycles. The molecule has 0 aliphatic carbocycles. The van der Waals surface area contributed by atoms with Crippen molar-refractivity contribution < 1.29 is 9.59 Å². The summed E-state index contributed by atoms with van der Waals surface area (Å²) >= 11 is 0. The molecule has 0 bridgehead atoms. The molecule has 1 fully saturated rings. The fourth-order valence-electron chi connectivity index (χ4n) is 2.37. The molecule has 5 nitrogen and oxygen atoms in total. The number of likely N-dealkylation sites (N-methyl/N-ethyl adjacent to an activating group) is 1. The maximum Gasteiger partial charge on any atom is 0.253 e. The predicted molar refractivity (Wildman–Crippen MR) is 78.8 cm³/mol. The summed E-state index contributed by atoms with van der Waals surface area (Å²) in [5.74, 6) is -0.0986. The molecule has 1 N–H and O–H groups in total. The summed E-state index contributed by atoms with van der Waals surface area (Å²) in [4.78, 5) is 27.7. The van der Waals surface area contributed by atoms with Crippen molar-refractivity contribution in [2.75, 3.05) is 38.5 Å². The fraction of sp³-hybridized carbons (Fsp3) is 0.467. The van der Waals surface area contributed by atoms with Crippen LogP contribution in [0.1, 0.15) is 23.7 Å². The van der Waals surface area contributed by atoms with Crippen molar-refractivity contribution in [1.29, 1.82) is 0 Å². The molecule has 0 aromatic heterocycles. The molecular weight excluding hydrogens is 254 g/mol. The van der Waals surface area contributed by atoms with Gasteiger partial charge in [0.1, 0.15) is 0 Å². The monoisotopic (exact) mass is 275 g/mol. The van der Waals surface area contributed by atoms with E-state index in [2.05, 4.69) is 17.3 Å². The van der Waals surface area contributed by atoms with Crippen LogP contribution >= 0.6 is 0 Å². The van der Waals surface area contributed by atoms with Crippen molar-refractivity contribution in [1.82, 2.24) is 9.80 Å². The van der Waals surface area contributed by atoms with Crippen LogP contribution in [0.3, 0.4) is 0 Å². The van der Waals surface area contributed by atoms with E-state index in [9.17, 15) is 9.59 Å². The van der Waals surface area contributed by atoms with Gasteiger partial charge in [-0.2, -0.15) is 0 Å². The molecule has 0 atom stereocenters. The van der Waals surface area contributed by atoms with Crippen LogP contribution in [0, 0.1) is 0 Å². The highest BCUT2D eigenvalue weighted by molar-refractivity contribution is 5.96. The zero-order chi connectivity index (χ0) is 14.5. The zero-order valence-electron chi connectivity index (χ0n) is 12.1. The number of nitrogens with one attached hydrogen (secondary N) is 1. The van der Waals surface area contributed by atoms with E-state index in [0.29, 0.717) is 11.3 Å². The first-order valence-corrected chi connectivity index (χ1v) is 6.92. The highest BCUT2D eigenvalue weighted by Gasteiger charge is 2.19. The minimum atomic E-state index is -0.133.